The van der Waals surface area contributed by atoms with Crippen LogP contribution in [0.4, 0.5) is 0 Å². The van der Waals surface area contributed by atoms with Gasteiger partial charge in [0.1, 0.15) is 5.76 Å². The minimum absolute atomic E-state index is 0.0716. The lowest BCUT2D eigenvalue weighted by molar-refractivity contribution is -0.140. The molecule has 1 amide bonds. The van der Waals surface area contributed by atoms with Crippen LogP contribution in [-0.4, -0.2) is 51.2 Å². The van der Waals surface area contributed by atoms with Crippen molar-refractivity contribution in [1.82, 2.24) is 4.90 Å². The number of ether oxygens (including phenoxy) is 1. The highest BCUT2D eigenvalue weighted by atomic mass is 16.5. The van der Waals surface area contributed by atoms with E-state index >= 15 is 0 Å². The third-order valence-corrected chi connectivity index (χ3v) is 4.93. The van der Waals surface area contributed by atoms with Crippen molar-refractivity contribution >= 4 is 17.4 Å². The molecular formula is C23H25NO6. The molecule has 3 rings (SSSR count). The smallest absolute Gasteiger partial charge is 0.295 e. The first-order chi connectivity index (χ1) is 14.2. The van der Waals surface area contributed by atoms with Crippen LogP contribution in [0.1, 0.15) is 36.6 Å². The number of hydrogen-bond donors (Lipinski definition) is 3. The largest absolute Gasteiger partial charge is 0.507 e. The fraction of sp³-hybridized carbons (Fsp3) is 0.304. The lowest BCUT2D eigenvalue weighted by atomic mass is 9.94. The summed E-state index contributed by atoms with van der Waals surface area (Å²) in [6.07, 6.45) is -0.881. The number of Topliss-reactive ketones (excluding diaryl/α,β-unsaturated/α-hetero) is 1. The number of carbonyl (C=O) groups excluding carboxylic acids is 2. The molecule has 0 spiro atoms. The van der Waals surface area contributed by atoms with E-state index in [1.54, 1.807) is 37.3 Å². The number of amides is 1. The van der Waals surface area contributed by atoms with Crippen LogP contribution in [0.15, 0.2) is 48.0 Å². The number of benzene rings is 2. The summed E-state index contributed by atoms with van der Waals surface area (Å²) in [5.41, 5.74) is 1.80. The molecule has 3 N–H and O–H groups in total. The Balaban J connectivity index is 2.20. The highest BCUT2D eigenvalue weighted by molar-refractivity contribution is 6.46. The van der Waals surface area contributed by atoms with Crippen LogP contribution in [0, 0.1) is 6.92 Å². The maximum Gasteiger partial charge on any atom is 0.295 e. The summed E-state index contributed by atoms with van der Waals surface area (Å²) >= 11 is 0. The summed E-state index contributed by atoms with van der Waals surface area (Å²) in [7, 11) is 0. The van der Waals surface area contributed by atoms with Crippen LogP contribution in [0.2, 0.25) is 0 Å². The summed E-state index contributed by atoms with van der Waals surface area (Å²) in [5, 5.41) is 30.9. The van der Waals surface area contributed by atoms with Gasteiger partial charge in [-0.25, -0.2) is 0 Å². The number of nitrogens with zero attached hydrogens (tertiary/aromatic N) is 1. The van der Waals surface area contributed by atoms with Gasteiger partial charge >= 0.3 is 0 Å². The Kier molecular flexibility index (Phi) is 6.12. The number of β-amino-alcohol motifs (C(OH)–C–C–N with tert-alkyl or cyclic N) is 1. The van der Waals surface area contributed by atoms with Gasteiger partial charge in [-0.05, 0) is 38.5 Å². The molecule has 7 nitrogen and oxygen atoms in total. The lowest BCUT2D eigenvalue weighted by Crippen LogP contribution is -2.35. The van der Waals surface area contributed by atoms with Gasteiger partial charge < -0.3 is 25.0 Å². The molecule has 1 fully saturated rings. The molecule has 2 unspecified atom stereocenters. The monoisotopic (exact) mass is 411 g/mol. The molecule has 2 aromatic rings. The van der Waals surface area contributed by atoms with Gasteiger partial charge in [-0.15, -0.1) is 0 Å². The Hall–Kier alpha value is -3.32. The summed E-state index contributed by atoms with van der Waals surface area (Å²) in [6, 6.07) is 10.5. The Labute approximate surface area is 174 Å². The standard InChI is InChI=1S/C23H25NO6/c1-4-30-18-11-16(9-10-17(18)26)20-19(21(27)15-7-5-13(2)6-8-15)22(28)23(29)24(20)12-14(3)25/h5-11,14,20,25-27H,4,12H2,1-3H3/b21-19-. The molecule has 7 heteroatoms. The topological polar surface area (TPSA) is 107 Å². The van der Waals surface area contributed by atoms with E-state index in [0.717, 1.165) is 5.56 Å². The fourth-order valence-corrected chi connectivity index (χ4v) is 3.54. The zero-order valence-corrected chi connectivity index (χ0v) is 17.1. The van der Waals surface area contributed by atoms with Crippen molar-refractivity contribution < 1.29 is 29.6 Å². The summed E-state index contributed by atoms with van der Waals surface area (Å²) in [6.45, 7) is 5.40. The molecule has 30 heavy (non-hydrogen) atoms. The molecular weight excluding hydrogens is 386 g/mol. The van der Waals surface area contributed by atoms with Crippen molar-refractivity contribution in [2.24, 2.45) is 0 Å². The highest BCUT2D eigenvalue weighted by Crippen LogP contribution is 2.41. The Morgan fingerprint density at radius 2 is 1.83 bits per heavy atom. The molecule has 1 heterocycles. The van der Waals surface area contributed by atoms with Crippen LogP contribution < -0.4 is 4.74 Å². The number of rotatable bonds is 6. The van der Waals surface area contributed by atoms with E-state index in [9.17, 15) is 24.9 Å². The van der Waals surface area contributed by atoms with Gasteiger partial charge in [0.25, 0.3) is 11.7 Å². The van der Waals surface area contributed by atoms with Crippen molar-refractivity contribution in [1.29, 1.82) is 0 Å². The predicted molar refractivity (Wildman–Crippen MR) is 111 cm³/mol. The van der Waals surface area contributed by atoms with Gasteiger partial charge in [0.2, 0.25) is 0 Å². The van der Waals surface area contributed by atoms with E-state index in [-0.39, 0.29) is 29.4 Å². The van der Waals surface area contributed by atoms with Crippen molar-refractivity contribution in [3.8, 4) is 11.5 Å². The number of phenols is 1. The summed E-state index contributed by atoms with van der Waals surface area (Å²) < 4.78 is 5.43. The third-order valence-electron chi connectivity index (χ3n) is 4.93. The number of phenolic OH excluding ortho intramolecular Hbond substituents is 1. The molecule has 0 aromatic heterocycles. The molecule has 2 atom stereocenters. The number of ketones is 1. The van der Waals surface area contributed by atoms with E-state index in [1.165, 1.54) is 24.0 Å². The van der Waals surface area contributed by atoms with E-state index in [2.05, 4.69) is 0 Å². The SMILES string of the molecule is CCOc1cc(C2/C(=C(/O)c3ccc(C)cc3)C(=O)C(=O)N2CC(C)O)ccc1O. The molecule has 0 bridgehead atoms. The van der Waals surface area contributed by atoms with Crippen LogP contribution in [-0.2, 0) is 9.59 Å². The van der Waals surface area contributed by atoms with Crippen LogP contribution in [0.25, 0.3) is 5.76 Å². The molecule has 0 aliphatic carbocycles. The third kappa shape index (κ3) is 4.02. The van der Waals surface area contributed by atoms with Crippen molar-refractivity contribution in [3.05, 3.63) is 64.7 Å². The Morgan fingerprint density at radius 1 is 1.17 bits per heavy atom. The summed E-state index contributed by atoms with van der Waals surface area (Å²) in [4.78, 5) is 26.8. The number of aliphatic hydroxyl groups excluding tert-OH is 2. The van der Waals surface area contributed by atoms with Gasteiger partial charge in [0.05, 0.1) is 24.3 Å². The van der Waals surface area contributed by atoms with E-state index in [0.29, 0.717) is 17.7 Å². The summed E-state index contributed by atoms with van der Waals surface area (Å²) in [5.74, 6) is -1.80. The van der Waals surface area contributed by atoms with Gasteiger partial charge in [0, 0.05) is 12.1 Å². The minimum atomic E-state index is -0.930. The average Bonchev–Trinajstić information content (AvgIpc) is 2.94. The van der Waals surface area contributed by atoms with Crippen LogP contribution >= 0.6 is 0 Å². The number of hydrogen-bond acceptors (Lipinski definition) is 6. The average molecular weight is 411 g/mol. The first-order valence-corrected chi connectivity index (χ1v) is 9.73. The molecule has 1 saturated heterocycles. The van der Waals surface area contributed by atoms with E-state index < -0.39 is 23.8 Å². The quantitative estimate of drug-likeness (QED) is 0.383. The normalized spacial score (nSPS) is 19.2. The first kappa shape index (κ1) is 21.4. The molecule has 2 aromatic carbocycles. The highest BCUT2D eigenvalue weighted by Gasteiger charge is 2.46. The number of carbonyl (C=O) groups is 2. The van der Waals surface area contributed by atoms with Gasteiger partial charge in [-0.3, -0.25) is 9.59 Å². The number of likely N-dealkylation sites (tertiary alicyclic amines) is 1. The number of aryl methyl sites for hydroxylation is 1. The second-order valence-electron chi connectivity index (χ2n) is 7.33. The van der Waals surface area contributed by atoms with Gasteiger partial charge in [-0.1, -0.05) is 35.9 Å². The van der Waals surface area contributed by atoms with Gasteiger partial charge in [0.15, 0.2) is 11.5 Å². The minimum Gasteiger partial charge on any atom is -0.507 e. The molecule has 0 radical (unpaired) electrons. The Morgan fingerprint density at radius 3 is 2.43 bits per heavy atom. The second-order valence-corrected chi connectivity index (χ2v) is 7.33. The Bertz CT molecular complexity index is 993. The van der Waals surface area contributed by atoms with Gasteiger partial charge in [-0.2, -0.15) is 0 Å². The van der Waals surface area contributed by atoms with Crippen LogP contribution in [0.3, 0.4) is 0 Å². The lowest BCUT2D eigenvalue weighted by Gasteiger charge is -2.26. The number of aliphatic hydroxyl groups is 2. The number of aromatic hydroxyl groups is 1. The molecule has 0 saturated carbocycles. The van der Waals surface area contributed by atoms with E-state index in [4.69, 9.17) is 4.74 Å². The molecule has 158 valence electrons. The van der Waals surface area contributed by atoms with Crippen molar-refractivity contribution in [2.45, 2.75) is 32.9 Å². The van der Waals surface area contributed by atoms with Crippen LogP contribution in [0.5, 0.6) is 11.5 Å². The van der Waals surface area contributed by atoms with Crippen molar-refractivity contribution in [3.63, 3.8) is 0 Å². The van der Waals surface area contributed by atoms with Crippen molar-refractivity contribution in [2.75, 3.05) is 13.2 Å². The predicted octanol–water partition coefficient (Wildman–Crippen LogP) is 2.90. The molecule has 1 aliphatic rings. The zero-order valence-electron chi connectivity index (χ0n) is 17.1. The maximum atomic E-state index is 12.9. The zero-order chi connectivity index (χ0) is 22.0. The van der Waals surface area contributed by atoms with E-state index in [1.807, 2.05) is 6.92 Å². The fourth-order valence-electron chi connectivity index (χ4n) is 3.54. The first-order valence-electron chi connectivity index (χ1n) is 9.73. The maximum absolute atomic E-state index is 12.9. The second kappa shape index (κ2) is 8.59. The molecule has 1 aliphatic heterocycles.